The van der Waals surface area contributed by atoms with Crippen LogP contribution in [0.2, 0.25) is 0 Å². The van der Waals surface area contributed by atoms with Gasteiger partial charge in [0.05, 0.1) is 6.10 Å². The molecule has 2 aromatic heterocycles. The lowest BCUT2D eigenvalue weighted by Gasteiger charge is -2.27. The highest BCUT2D eigenvalue weighted by atomic mass is 16.5. The predicted octanol–water partition coefficient (Wildman–Crippen LogP) is 1.91. The molecule has 2 aromatic rings. The van der Waals surface area contributed by atoms with Crippen LogP contribution in [0.25, 0.3) is 5.82 Å². The maximum atomic E-state index is 12.6. The van der Waals surface area contributed by atoms with Crippen LogP contribution in [0.1, 0.15) is 29.6 Å². The first-order valence-corrected chi connectivity index (χ1v) is 7.55. The van der Waals surface area contributed by atoms with Crippen LogP contribution in [-0.2, 0) is 4.74 Å². The van der Waals surface area contributed by atoms with Gasteiger partial charge in [-0.25, -0.2) is 9.97 Å². The minimum atomic E-state index is -0.0158. The second-order valence-electron chi connectivity index (χ2n) is 5.55. The Kier molecular flexibility index (Phi) is 4.48. The van der Waals surface area contributed by atoms with E-state index in [1.807, 2.05) is 7.05 Å². The third-order valence-electron chi connectivity index (χ3n) is 3.86. The summed E-state index contributed by atoms with van der Waals surface area (Å²) < 4.78 is 7.48. The molecule has 6 nitrogen and oxygen atoms in total. The molecule has 0 saturated carbocycles. The number of hydrogen-bond acceptors (Lipinski definition) is 4. The SMILES string of the molecule is CN(CC1CCCCO1)C(=O)c1ccnc(-n2ccnc2)c1. The summed E-state index contributed by atoms with van der Waals surface area (Å²) in [6.07, 6.45) is 10.3. The Morgan fingerprint density at radius 3 is 3.09 bits per heavy atom. The van der Waals surface area contributed by atoms with Gasteiger partial charge in [0.2, 0.25) is 0 Å². The minimum absolute atomic E-state index is 0.0158. The summed E-state index contributed by atoms with van der Waals surface area (Å²) in [6.45, 7) is 1.42. The van der Waals surface area contributed by atoms with E-state index in [0.29, 0.717) is 17.9 Å². The number of carbonyl (C=O) groups is 1. The Hall–Kier alpha value is -2.21. The molecule has 0 radical (unpaired) electrons. The third-order valence-corrected chi connectivity index (χ3v) is 3.86. The van der Waals surface area contributed by atoms with Crippen LogP contribution in [0.5, 0.6) is 0 Å². The molecule has 1 atom stereocenters. The fourth-order valence-corrected chi connectivity index (χ4v) is 2.65. The summed E-state index contributed by atoms with van der Waals surface area (Å²) in [5, 5.41) is 0. The standard InChI is InChI=1S/C16H20N4O2/c1-19(11-14-4-2-3-9-22-14)16(21)13-5-6-18-15(10-13)20-8-7-17-12-20/h5-8,10,12,14H,2-4,9,11H2,1H3. The monoisotopic (exact) mass is 300 g/mol. The highest BCUT2D eigenvalue weighted by Gasteiger charge is 2.20. The van der Waals surface area contributed by atoms with E-state index in [0.717, 1.165) is 19.4 Å². The van der Waals surface area contributed by atoms with Gasteiger partial charge in [-0.05, 0) is 31.4 Å². The first-order chi connectivity index (χ1) is 10.7. The molecule has 1 aliphatic heterocycles. The molecule has 6 heteroatoms. The summed E-state index contributed by atoms with van der Waals surface area (Å²) >= 11 is 0. The molecule has 1 saturated heterocycles. The maximum absolute atomic E-state index is 12.6. The molecule has 1 amide bonds. The van der Waals surface area contributed by atoms with Crippen LogP contribution in [0.3, 0.4) is 0 Å². The summed E-state index contributed by atoms with van der Waals surface area (Å²) in [7, 11) is 1.82. The van der Waals surface area contributed by atoms with Crippen molar-refractivity contribution in [3.8, 4) is 5.82 Å². The topological polar surface area (TPSA) is 60.2 Å². The molecule has 3 heterocycles. The summed E-state index contributed by atoms with van der Waals surface area (Å²) in [5.74, 6) is 0.670. The zero-order chi connectivity index (χ0) is 15.4. The number of ether oxygens (including phenoxy) is 1. The van der Waals surface area contributed by atoms with E-state index in [1.165, 1.54) is 6.42 Å². The second-order valence-corrected chi connectivity index (χ2v) is 5.55. The molecule has 1 aliphatic rings. The molecule has 1 fully saturated rings. The Morgan fingerprint density at radius 1 is 1.45 bits per heavy atom. The van der Waals surface area contributed by atoms with Crippen molar-refractivity contribution in [1.82, 2.24) is 19.4 Å². The van der Waals surface area contributed by atoms with Crippen LogP contribution < -0.4 is 0 Å². The van der Waals surface area contributed by atoms with Crippen LogP contribution >= 0.6 is 0 Å². The van der Waals surface area contributed by atoms with Crippen molar-refractivity contribution in [2.75, 3.05) is 20.2 Å². The van der Waals surface area contributed by atoms with Gasteiger partial charge in [-0.1, -0.05) is 0 Å². The van der Waals surface area contributed by atoms with Crippen molar-refractivity contribution in [1.29, 1.82) is 0 Å². The molecule has 1 unspecified atom stereocenters. The molecular weight excluding hydrogens is 280 g/mol. The smallest absolute Gasteiger partial charge is 0.253 e. The summed E-state index contributed by atoms with van der Waals surface area (Å²) in [6, 6.07) is 3.52. The van der Waals surface area contributed by atoms with Crippen LogP contribution in [-0.4, -0.2) is 51.6 Å². The van der Waals surface area contributed by atoms with E-state index >= 15 is 0 Å². The van der Waals surface area contributed by atoms with Crippen LogP contribution in [0.4, 0.5) is 0 Å². The molecule has 0 aromatic carbocycles. The van der Waals surface area contributed by atoms with Gasteiger partial charge in [0.25, 0.3) is 5.91 Å². The van der Waals surface area contributed by atoms with Gasteiger partial charge in [0.15, 0.2) is 0 Å². The number of amides is 1. The first kappa shape index (κ1) is 14.7. The van der Waals surface area contributed by atoms with Crippen molar-refractivity contribution in [2.24, 2.45) is 0 Å². The first-order valence-electron chi connectivity index (χ1n) is 7.55. The number of carbonyl (C=O) groups excluding carboxylic acids is 1. The molecule has 0 bridgehead atoms. The largest absolute Gasteiger partial charge is 0.376 e. The number of aromatic nitrogens is 3. The van der Waals surface area contributed by atoms with Gasteiger partial charge in [-0.2, -0.15) is 0 Å². The fraction of sp³-hybridized carbons (Fsp3) is 0.438. The van der Waals surface area contributed by atoms with Gasteiger partial charge >= 0.3 is 0 Å². The zero-order valence-electron chi connectivity index (χ0n) is 12.7. The van der Waals surface area contributed by atoms with E-state index in [4.69, 9.17) is 4.74 Å². The molecule has 3 rings (SSSR count). The summed E-state index contributed by atoms with van der Waals surface area (Å²) in [5.41, 5.74) is 0.622. The molecule has 0 aliphatic carbocycles. The van der Waals surface area contributed by atoms with Gasteiger partial charge in [-0.15, -0.1) is 0 Å². The van der Waals surface area contributed by atoms with E-state index in [1.54, 1.807) is 46.5 Å². The lowest BCUT2D eigenvalue weighted by Crippen LogP contribution is -2.37. The Labute approximate surface area is 129 Å². The second kappa shape index (κ2) is 6.70. The van der Waals surface area contributed by atoms with Gasteiger partial charge in [0.1, 0.15) is 12.1 Å². The molecule has 0 N–H and O–H groups in total. The maximum Gasteiger partial charge on any atom is 0.253 e. The number of rotatable bonds is 4. The molecule has 116 valence electrons. The van der Waals surface area contributed by atoms with Gasteiger partial charge in [0, 0.05) is 44.4 Å². The summed E-state index contributed by atoms with van der Waals surface area (Å²) in [4.78, 5) is 22.5. The van der Waals surface area contributed by atoms with Crippen molar-refractivity contribution in [3.05, 3.63) is 42.6 Å². The van der Waals surface area contributed by atoms with Crippen LogP contribution in [0.15, 0.2) is 37.1 Å². The molecule has 0 spiro atoms. The Morgan fingerprint density at radius 2 is 2.36 bits per heavy atom. The lowest BCUT2D eigenvalue weighted by molar-refractivity contribution is -0.000188. The van der Waals surface area contributed by atoms with Crippen molar-refractivity contribution in [2.45, 2.75) is 25.4 Å². The van der Waals surface area contributed by atoms with E-state index in [9.17, 15) is 4.79 Å². The number of nitrogens with zero attached hydrogens (tertiary/aromatic N) is 4. The highest BCUT2D eigenvalue weighted by Crippen LogP contribution is 2.15. The van der Waals surface area contributed by atoms with Crippen LogP contribution in [0, 0.1) is 0 Å². The fourth-order valence-electron chi connectivity index (χ4n) is 2.65. The minimum Gasteiger partial charge on any atom is -0.376 e. The Balaban J connectivity index is 1.70. The van der Waals surface area contributed by atoms with Gasteiger partial charge in [-0.3, -0.25) is 9.36 Å². The lowest BCUT2D eigenvalue weighted by atomic mass is 10.1. The highest BCUT2D eigenvalue weighted by molar-refractivity contribution is 5.94. The van der Waals surface area contributed by atoms with E-state index in [-0.39, 0.29) is 12.0 Å². The number of imidazole rings is 1. The zero-order valence-corrected chi connectivity index (χ0v) is 12.7. The van der Waals surface area contributed by atoms with E-state index < -0.39 is 0 Å². The van der Waals surface area contributed by atoms with Crippen molar-refractivity contribution in [3.63, 3.8) is 0 Å². The number of hydrogen-bond donors (Lipinski definition) is 0. The Bertz CT molecular complexity index is 621. The third kappa shape index (κ3) is 3.33. The number of likely N-dealkylation sites (N-methyl/N-ethyl adjacent to an activating group) is 1. The van der Waals surface area contributed by atoms with E-state index in [2.05, 4.69) is 9.97 Å². The quantitative estimate of drug-likeness (QED) is 0.865. The molecule has 22 heavy (non-hydrogen) atoms. The van der Waals surface area contributed by atoms with Crippen molar-refractivity contribution < 1.29 is 9.53 Å². The average Bonchev–Trinajstić information content (AvgIpc) is 3.10. The van der Waals surface area contributed by atoms with Gasteiger partial charge < -0.3 is 9.64 Å². The molecular formula is C16H20N4O2. The predicted molar refractivity (Wildman–Crippen MR) is 81.9 cm³/mol. The van der Waals surface area contributed by atoms with Crippen molar-refractivity contribution >= 4 is 5.91 Å². The number of pyridine rings is 1. The average molecular weight is 300 g/mol. The normalized spacial score (nSPS) is 18.1.